The number of fused-ring (bicyclic) bond motifs is 1. The molecule has 2 amide bonds. The normalized spacial score (nSPS) is 11.6. The van der Waals surface area contributed by atoms with E-state index in [0.717, 1.165) is 0 Å². The zero-order valence-corrected chi connectivity index (χ0v) is 14.6. The number of hydrogen-bond acceptors (Lipinski definition) is 4. The smallest absolute Gasteiger partial charge is 0.263 e. The summed E-state index contributed by atoms with van der Waals surface area (Å²) in [5.41, 5.74) is 1.11. The van der Waals surface area contributed by atoms with E-state index in [4.69, 9.17) is 27.6 Å². The topological polar surface area (TPSA) is 71.7 Å². The van der Waals surface area contributed by atoms with Crippen LogP contribution in [0.25, 0.3) is 11.0 Å². The maximum absolute atomic E-state index is 12.3. The van der Waals surface area contributed by atoms with Gasteiger partial charge in [0.25, 0.3) is 5.91 Å². The number of hydrogen-bond donors (Lipinski definition) is 1. The number of nitrogens with one attached hydrogen (secondary N) is 1. The summed E-state index contributed by atoms with van der Waals surface area (Å²) in [6, 6.07) is 13.6. The molecule has 126 valence electrons. The Labute approximate surface area is 152 Å². The van der Waals surface area contributed by atoms with E-state index in [1.54, 1.807) is 36.4 Å². The van der Waals surface area contributed by atoms with Crippen LogP contribution in [0.1, 0.15) is 17.3 Å². The van der Waals surface area contributed by atoms with Crippen LogP contribution in [-0.2, 0) is 4.79 Å². The molecule has 0 radical (unpaired) electrons. The summed E-state index contributed by atoms with van der Waals surface area (Å²) in [6.45, 7) is 1.25. The van der Waals surface area contributed by atoms with Crippen LogP contribution in [0.2, 0.25) is 10.0 Å². The molecule has 25 heavy (non-hydrogen) atoms. The second-order valence-electron chi connectivity index (χ2n) is 5.22. The van der Waals surface area contributed by atoms with E-state index in [9.17, 15) is 9.59 Å². The number of nitrogens with zero attached hydrogens (tertiary/aromatic N) is 1. The number of imide groups is 1. The van der Waals surface area contributed by atoms with Crippen molar-refractivity contribution in [1.29, 1.82) is 0 Å². The van der Waals surface area contributed by atoms with E-state index >= 15 is 0 Å². The van der Waals surface area contributed by atoms with Crippen molar-refractivity contribution in [2.45, 2.75) is 6.92 Å². The van der Waals surface area contributed by atoms with Crippen molar-refractivity contribution in [1.82, 2.24) is 5.32 Å². The highest BCUT2D eigenvalue weighted by atomic mass is 35.5. The van der Waals surface area contributed by atoms with Crippen LogP contribution in [0, 0.1) is 0 Å². The van der Waals surface area contributed by atoms with Crippen molar-refractivity contribution in [3.05, 3.63) is 69.7 Å². The summed E-state index contributed by atoms with van der Waals surface area (Å²) in [4.78, 5) is 27.9. The first-order valence-corrected chi connectivity index (χ1v) is 8.04. The highest BCUT2D eigenvalue weighted by Gasteiger charge is 2.14. The Morgan fingerprint density at radius 3 is 2.56 bits per heavy atom. The van der Waals surface area contributed by atoms with Gasteiger partial charge in [0.1, 0.15) is 11.1 Å². The van der Waals surface area contributed by atoms with Crippen LogP contribution in [0.4, 0.5) is 5.69 Å². The molecule has 0 aliphatic carbocycles. The summed E-state index contributed by atoms with van der Waals surface area (Å²) in [5.74, 6) is -1.08. The minimum atomic E-state index is -0.606. The second-order valence-corrected chi connectivity index (χ2v) is 6.06. The summed E-state index contributed by atoms with van der Waals surface area (Å²) in [6.07, 6.45) is 0. The third-order valence-corrected chi connectivity index (χ3v) is 3.86. The van der Waals surface area contributed by atoms with E-state index in [-0.39, 0.29) is 11.1 Å². The predicted molar refractivity (Wildman–Crippen MR) is 96.0 cm³/mol. The molecule has 0 fully saturated rings. The first-order valence-electron chi connectivity index (χ1n) is 7.28. The number of benzene rings is 2. The number of halogens is 2. The van der Waals surface area contributed by atoms with E-state index in [1.807, 2.05) is 6.07 Å². The minimum absolute atomic E-state index is 0.0432. The van der Waals surface area contributed by atoms with Crippen LogP contribution >= 0.6 is 23.2 Å². The average molecular weight is 375 g/mol. The number of carbonyl (C=O) groups excluding carboxylic acids is 2. The number of amides is 2. The second kappa shape index (κ2) is 7.09. The lowest BCUT2D eigenvalue weighted by molar-refractivity contribution is -0.118. The van der Waals surface area contributed by atoms with Crippen LogP contribution in [0.15, 0.2) is 57.9 Å². The van der Waals surface area contributed by atoms with E-state index in [1.165, 1.54) is 13.0 Å². The Balaban J connectivity index is 2.25. The fourth-order valence-corrected chi connectivity index (χ4v) is 2.67. The fourth-order valence-electron chi connectivity index (χ4n) is 2.22. The standard InChI is InChI=1S/C18H12Cl2N2O3/c1-10(23)21-17(24)13-8-11-4-2-3-5-16(11)25-18(13)22-15-7-6-12(19)9-14(15)20/h2-9H,1H3,(H,21,23,24). The first kappa shape index (κ1) is 17.2. The Morgan fingerprint density at radius 2 is 1.84 bits per heavy atom. The van der Waals surface area contributed by atoms with Gasteiger partial charge in [0, 0.05) is 17.3 Å². The van der Waals surface area contributed by atoms with Gasteiger partial charge < -0.3 is 4.42 Å². The first-order chi connectivity index (χ1) is 11.9. The number of rotatable bonds is 2. The summed E-state index contributed by atoms with van der Waals surface area (Å²) >= 11 is 12.0. The molecule has 0 bridgehead atoms. The highest BCUT2D eigenvalue weighted by Crippen LogP contribution is 2.27. The monoisotopic (exact) mass is 374 g/mol. The third-order valence-electron chi connectivity index (χ3n) is 3.32. The molecule has 0 saturated carbocycles. The zero-order chi connectivity index (χ0) is 18.0. The van der Waals surface area contributed by atoms with Crippen molar-refractivity contribution in [3.8, 4) is 0 Å². The lowest BCUT2D eigenvalue weighted by atomic mass is 10.1. The van der Waals surface area contributed by atoms with Crippen LogP contribution in [0.5, 0.6) is 0 Å². The Bertz CT molecular complexity index is 1060. The van der Waals surface area contributed by atoms with Gasteiger partial charge in [0.05, 0.1) is 10.7 Å². The minimum Gasteiger partial charge on any atom is -0.438 e. The highest BCUT2D eigenvalue weighted by molar-refractivity contribution is 6.36. The molecule has 1 aromatic heterocycles. The molecule has 0 atom stereocenters. The predicted octanol–water partition coefficient (Wildman–Crippen LogP) is 4.25. The van der Waals surface area contributed by atoms with Crippen molar-refractivity contribution < 1.29 is 14.0 Å². The molecule has 0 spiro atoms. The molecule has 1 N–H and O–H groups in total. The molecule has 3 aromatic rings. The molecule has 1 heterocycles. The molecule has 2 aromatic carbocycles. The van der Waals surface area contributed by atoms with Gasteiger partial charge in [-0.1, -0.05) is 41.4 Å². The van der Waals surface area contributed by atoms with Gasteiger partial charge in [-0.2, -0.15) is 0 Å². The number of para-hydroxylation sites is 1. The van der Waals surface area contributed by atoms with Gasteiger partial charge >= 0.3 is 0 Å². The Morgan fingerprint density at radius 1 is 1.08 bits per heavy atom. The van der Waals surface area contributed by atoms with Gasteiger partial charge in [-0.05, 0) is 30.3 Å². The van der Waals surface area contributed by atoms with Gasteiger partial charge in [-0.15, -0.1) is 0 Å². The van der Waals surface area contributed by atoms with E-state index < -0.39 is 11.8 Å². The summed E-state index contributed by atoms with van der Waals surface area (Å²) in [7, 11) is 0. The van der Waals surface area contributed by atoms with E-state index in [0.29, 0.717) is 26.7 Å². The molecule has 7 heteroatoms. The summed E-state index contributed by atoms with van der Waals surface area (Å²) < 4.78 is 5.75. The Hall–Kier alpha value is -2.63. The van der Waals surface area contributed by atoms with Crippen molar-refractivity contribution in [2.75, 3.05) is 0 Å². The van der Waals surface area contributed by atoms with Gasteiger partial charge in [-0.3, -0.25) is 14.9 Å². The summed E-state index contributed by atoms with van der Waals surface area (Å²) in [5, 5.41) is 3.71. The SMILES string of the molecule is CC(=O)NC(=O)c1cc2ccccc2oc1=Nc1ccc(Cl)cc1Cl. The van der Waals surface area contributed by atoms with Crippen molar-refractivity contribution in [3.63, 3.8) is 0 Å². The number of carbonyl (C=O) groups is 2. The van der Waals surface area contributed by atoms with Gasteiger partial charge in [0.2, 0.25) is 11.5 Å². The lowest BCUT2D eigenvalue weighted by Crippen LogP contribution is -2.32. The third kappa shape index (κ3) is 3.90. The quantitative estimate of drug-likeness (QED) is 0.728. The fraction of sp³-hybridized carbons (Fsp3) is 0.0556. The molecular weight excluding hydrogens is 363 g/mol. The molecule has 3 rings (SSSR count). The molecule has 5 nitrogen and oxygen atoms in total. The molecular formula is C18H12Cl2N2O3. The Kier molecular flexibility index (Phi) is 4.88. The van der Waals surface area contributed by atoms with Crippen molar-refractivity contribution in [2.24, 2.45) is 4.99 Å². The van der Waals surface area contributed by atoms with Crippen LogP contribution in [0.3, 0.4) is 0 Å². The largest absolute Gasteiger partial charge is 0.438 e. The van der Waals surface area contributed by atoms with Gasteiger partial charge in [0.15, 0.2) is 0 Å². The zero-order valence-electron chi connectivity index (χ0n) is 13.0. The molecule has 0 aliphatic rings. The molecule has 0 unspecified atom stereocenters. The van der Waals surface area contributed by atoms with E-state index in [2.05, 4.69) is 10.3 Å². The van der Waals surface area contributed by atoms with Crippen molar-refractivity contribution >= 4 is 51.7 Å². The molecule has 0 aliphatic heterocycles. The maximum atomic E-state index is 12.3. The lowest BCUT2D eigenvalue weighted by Gasteiger charge is -2.05. The average Bonchev–Trinajstić information content (AvgIpc) is 2.56. The van der Waals surface area contributed by atoms with Crippen LogP contribution < -0.4 is 10.9 Å². The van der Waals surface area contributed by atoms with Crippen LogP contribution in [-0.4, -0.2) is 11.8 Å². The van der Waals surface area contributed by atoms with Gasteiger partial charge in [-0.25, -0.2) is 4.99 Å². The molecule has 0 saturated heterocycles. The maximum Gasteiger partial charge on any atom is 0.263 e.